The van der Waals surface area contributed by atoms with Crippen molar-refractivity contribution in [2.75, 3.05) is 0 Å². The first-order valence-corrected chi connectivity index (χ1v) is 20.3. The van der Waals surface area contributed by atoms with Gasteiger partial charge in [0.05, 0.1) is 5.92 Å². The molecule has 0 bridgehead atoms. The third kappa shape index (κ3) is 32.4. The third-order valence-corrected chi connectivity index (χ3v) is 9.74. The summed E-state index contributed by atoms with van der Waals surface area (Å²) in [6.45, 7) is 4.53. The topological polar surface area (TPSA) is 80.4 Å². The smallest absolute Gasteiger partial charge is 0.306 e. The molecule has 4 heteroatoms. The van der Waals surface area contributed by atoms with Crippen LogP contribution in [0, 0.1) is 11.8 Å². The summed E-state index contributed by atoms with van der Waals surface area (Å²) >= 11 is 0. The fourth-order valence-electron chi connectivity index (χ4n) is 6.52. The summed E-state index contributed by atoms with van der Waals surface area (Å²) in [5.41, 5.74) is 5.71. The van der Waals surface area contributed by atoms with Crippen LogP contribution in [0.1, 0.15) is 219 Å². The number of rotatable bonds is 37. The molecule has 0 aliphatic carbocycles. The van der Waals surface area contributed by atoms with E-state index in [1.165, 1.54) is 128 Å². The van der Waals surface area contributed by atoms with Gasteiger partial charge in [0.1, 0.15) is 0 Å². The molecule has 0 spiro atoms. The van der Waals surface area contributed by atoms with E-state index in [-0.39, 0.29) is 17.7 Å². The van der Waals surface area contributed by atoms with Gasteiger partial charge in [-0.25, -0.2) is 0 Å². The fraction of sp³-hybridized carbons (Fsp3) is 0.857. The predicted octanol–water partition coefficient (Wildman–Crippen LogP) is 13.4. The lowest BCUT2D eigenvalue weighted by molar-refractivity contribution is -0.142. The zero-order chi connectivity index (χ0) is 33.8. The zero-order valence-corrected chi connectivity index (χ0v) is 30.9. The first kappa shape index (κ1) is 44.4. The number of carboxylic acid groups (broad SMARTS) is 1. The molecule has 270 valence electrons. The summed E-state index contributed by atoms with van der Waals surface area (Å²) in [5, 5.41) is 9.67. The number of nitrogens with two attached hydrogens (primary N) is 1. The van der Waals surface area contributed by atoms with E-state index in [0.717, 1.165) is 77.0 Å². The fourth-order valence-corrected chi connectivity index (χ4v) is 6.52. The van der Waals surface area contributed by atoms with Crippen molar-refractivity contribution >= 4 is 11.9 Å². The quantitative estimate of drug-likeness (QED) is 0.0521. The van der Waals surface area contributed by atoms with Crippen LogP contribution in [-0.2, 0) is 9.59 Å². The van der Waals surface area contributed by atoms with Crippen LogP contribution in [0.3, 0.4) is 0 Å². The highest BCUT2D eigenvalue weighted by atomic mass is 16.4. The molecule has 0 radical (unpaired) electrons. The van der Waals surface area contributed by atoms with Crippen molar-refractivity contribution in [1.82, 2.24) is 0 Å². The number of carbonyl (C=O) groups excluding carboxylic acids is 1. The Bertz CT molecular complexity index is 656. The Kier molecular flexibility index (Phi) is 35.0. The highest BCUT2D eigenvalue weighted by Crippen LogP contribution is 2.22. The van der Waals surface area contributed by atoms with E-state index < -0.39 is 5.97 Å². The van der Waals surface area contributed by atoms with Crippen molar-refractivity contribution in [3.63, 3.8) is 0 Å². The highest BCUT2D eigenvalue weighted by molar-refractivity contribution is 5.76. The summed E-state index contributed by atoms with van der Waals surface area (Å²) in [7, 11) is 0. The minimum atomic E-state index is -0.629. The molecule has 0 aromatic rings. The van der Waals surface area contributed by atoms with Crippen molar-refractivity contribution in [3.05, 3.63) is 24.3 Å². The Morgan fingerprint density at radius 2 is 0.696 bits per heavy atom. The summed E-state index contributed by atoms with van der Waals surface area (Å²) in [4.78, 5) is 23.7. The summed E-state index contributed by atoms with van der Waals surface area (Å²) in [5.74, 6) is -0.977. The molecule has 0 aromatic carbocycles. The number of hydrogen-bond acceptors (Lipinski definition) is 2. The van der Waals surface area contributed by atoms with Crippen LogP contribution in [0.5, 0.6) is 0 Å². The molecule has 0 aliphatic rings. The van der Waals surface area contributed by atoms with Gasteiger partial charge in [-0.1, -0.05) is 167 Å². The standard InChI is InChI=1S/C42H79NO3/c1-3-5-7-9-11-13-15-17-19-21-23-25-27-31-35-39(41(43)44)36-32-29-30-34-38-40(42(45)46)37-33-28-26-24-22-20-18-16-14-12-10-8-6-4-2/h17-20,39-40H,3-16,21-38H2,1-2H3,(H2,43,44)(H,45,46)/b19-17-,20-18-. The first-order valence-electron chi connectivity index (χ1n) is 20.3. The van der Waals surface area contributed by atoms with Crippen LogP contribution in [-0.4, -0.2) is 17.0 Å². The molecule has 0 heterocycles. The van der Waals surface area contributed by atoms with Crippen LogP contribution >= 0.6 is 0 Å². The molecule has 0 saturated carbocycles. The van der Waals surface area contributed by atoms with Gasteiger partial charge < -0.3 is 10.8 Å². The largest absolute Gasteiger partial charge is 0.481 e. The van der Waals surface area contributed by atoms with E-state index in [9.17, 15) is 14.7 Å². The van der Waals surface area contributed by atoms with Gasteiger partial charge in [0.25, 0.3) is 0 Å². The Morgan fingerprint density at radius 3 is 0.978 bits per heavy atom. The van der Waals surface area contributed by atoms with Crippen molar-refractivity contribution in [2.24, 2.45) is 17.6 Å². The van der Waals surface area contributed by atoms with Gasteiger partial charge in [0.15, 0.2) is 0 Å². The number of hydrogen-bond donors (Lipinski definition) is 2. The van der Waals surface area contributed by atoms with Crippen LogP contribution < -0.4 is 5.73 Å². The predicted molar refractivity (Wildman–Crippen MR) is 201 cm³/mol. The monoisotopic (exact) mass is 646 g/mol. The molecular formula is C42H79NO3. The minimum absolute atomic E-state index is 0.000184. The molecule has 2 atom stereocenters. The molecule has 46 heavy (non-hydrogen) atoms. The molecule has 0 aromatic heterocycles. The van der Waals surface area contributed by atoms with Gasteiger partial charge in [0, 0.05) is 5.92 Å². The second kappa shape index (κ2) is 36.3. The second-order valence-electron chi connectivity index (χ2n) is 14.2. The summed E-state index contributed by atoms with van der Waals surface area (Å²) in [6, 6.07) is 0. The first-order chi connectivity index (χ1) is 22.5. The van der Waals surface area contributed by atoms with E-state index in [1.807, 2.05) is 0 Å². The van der Waals surface area contributed by atoms with Crippen molar-refractivity contribution in [3.8, 4) is 0 Å². The van der Waals surface area contributed by atoms with Crippen molar-refractivity contribution < 1.29 is 14.7 Å². The normalized spacial score (nSPS) is 13.2. The molecule has 0 fully saturated rings. The number of carboxylic acids is 1. The highest BCUT2D eigenvalue weighted by Gasteiger charge is 2.17. The number of aliphatic carboxylic acids is 1. The third-order valence-electron chi connectivity index (χ3n) is 9.74. The van der Waals surface area contributed by atoms with Crippen molar-refractivity contribution in [2.45, 2.75) is 219 Å². The van der Waals surface area contributed by atoms with E-state index >= 15 is 0 Å². The van der Waals surface area contributed by atoms with Crippen LogP contribution in [0.15, 0.2) is 24.3 Å². The average molecular weight is 646 g/mol. The number of amides is 1. The van der Waals surface area contributed by atoms with Gasteiger partial charge in [0.2, 0.25) is 5.91 Å². The van der Waals surface area contributed by atoms with E-state index in [0.29, 0.717) is 0 Å². The summed E-state index contributed by atoms with van der Waals surface area (Å²) in [6.07, 6.45) is 47.3. The molecule has 3 N–H and O–H groups in total. The SMILES string of the molecule is CCCCCCCC/C=C\CCCCCCC(CCCCCCC(CCCCCC/C=C\CCCCCCCC)C(=O)O)C(N)=O. The minimum Gasteiger partial charge on any atom is -0.481 e. The van der Waals surface area contributed by atoms with Gasteiger partial charge in [-0.2, -0.15) is 0 Å². The van der Waals surface area contributed by atoms with Crippen molar-refractivity contribution in [1.29, 1.82) is 0 Å². The Labute approximate surface area is 287 Å². The lowest BCUT2D eigenvalue weighted by Crippen LogP contribution is -2.23. The van der Waals surface area contributed by atoms with Gasteiger partial charge in [-0.05, 0) is 77.0 Å². The second-order valence-corrected chi connectivity index (χ2v) is 14.2. The van der Waals surface area contributed by atoms with E-state index in [4.69, 9.17) is 5.73 Å². The molecule has 4 nitrogen and oxygen atoms in total. The number of unbranched alkanes of at least 4 members (excludes halogenated alkanes) is 23. The lowest BCUT2D eigenvalue weighted by atomic mass is 9.92. The van der Waals surface area contributed by atoms with E-state index in [2.05, 4.69) is 38.2 Å². The maximum absolute atomic E-state index is 12.0. The number of allylic oxidation sites excluding steroid dienone is 4. The van der Waals surface area contributed by atoms with Gasteiger partial charge in [-0.15, -0.1) is 0 Å². The van der Waals surface area contributed by atoms with E-state index in [1.54, 1.807) is 0 Å². The summed E-state index contributed by atoms with van der Waals surface area (Å²) < 4.78 is 0. The number of primary amides is 1. The molecule has 0 rings (SSSR count). The van der Waals surface area contributed by atoms with Crippen LogP contribution in [0.4, 0.5) is 0 Å². The lowest BCUT2D eigenvalue weighted by Gasteiger charge is -2.14. The van der Waals surface area contributed by atoms with Gasteiger partial charge >= 0.3 is 5.97 Å². The molecule has 1 amide bonds. The number of carbonyl (C=O) groups is 2. The Morgan fingerprint density at radius 1 is 0.435 bits per heavy atom. The van der Waals surface area contributed by atoms with Crippen LogP contribution in [0.25, 0.3) is 0 Å². The van der Waals surface area contributed by atoms with Gasteiger partial charge in [-0.3, -0.25) is 9.59 Å². The Balaban J connectivity index is 3.75. The zero-order valence-electron chi connectivity index (χ0n) is 30.9. The Hall–Kier alpha value is -1.58. The molecule has 0 saturated heterocycles. The molecule has 2 unspecified atom stereocenters. The average Bonchev–Trinajstić information content (AvgIpc) is 3.04. The maximum atomic E-state index is 12.0. The maximum Gasteiger partial charge on any atom is 0.306 e. The van der Waals surface area contributed by atoms with Crippen LogP contribution in [0.2, 0.25) is 0 Å². The molecule has 0 aliphatic heterocycles. The molecular weight excluding hydrogens is 566 g/mol.